The first kappa shape index (κ1) is 21.3. The Balaban J connectivity index is 0.00000243. The summed E-state index contributed by atoms with van der Waals surface area (Å²) in [5.41, 5.74) is 0.391. The van der Waals surface area contributed by atoms with E-state index in [2.05, 4.69) is 15.5 Å². The zero-order valence-corrected chi connectivity index (χ0v) is 16.7. The van der Waals surface area contributed by atoms with Crippen molar-refractivity contribution in [1.29, 1.82) is 0 Å². The van der Waals surface area contributed by atoms with Crippen LogP contribution in [0.25, 0.3) is 0 Å². The number of halogens is 3. The van der Waals surface area contributed by atoms with Gasteiger partial charge in [0.05, 0.1) is 16.6 Å². The van der Waals surface area contributed by atoms with Crippen LogP contribution in [0, 0.1) is 0 Å². The summed E-state index contributed by atoms with van der Waals surface area (Å²) in [6.07, 6.45) is 0.993. The van der Waals surface area contributed by atoms with Crippen LogP contribution >= 0.6 is 35.6 Å². The maximum atomic E-state index is 12.4. The van der Waals surface area contributed by atoms with Crippen molar-refractivity contribution in [3.63, 3.8) is 0 Å². The van der Waals surface area contributed by atoms with Crippen LogP contribution in [0.1, 0.15) is 16.8 Å². The predicted molar refractivity (Wildman–Crippen MR) is 105 cm³/mol. The first-order valence-corrected chi connectivity index (χ1v) is 9.26. The fourth-order valence-electron chi connectivity index (χ4n) is 3.32. The smallest absolute Gasteiger partial charge is 0.251 e. The number of hydrogen-bond donors (Lipinski definition) is 2. The van der Waals surface area contributed by atoms with Crippen molar-refractivity contribution >= 4 is 47.4 Å². The molecule has 2 fully saturated rings. The SMILES string of the molecule is Cl.O=C(NCC(=O)N1CCC(N2CCNCC2)C1)c1ccc(Cl)c(Cl)c1. The minimum atomic E-state index is -0.329. The quantitative estimate of drug-likeness (QED) is 0.776. The van der Waals surface area contributed by atoms with E-state index in [4.69, 9.17) is 23.2 Å². The van der Waals surface area contributed by atoms with E-state index in [9.17, 15) is 9.59 Å². The summed E-state index contributed by atoms with van der Waals surface area (Å²) in [6, 6.07) is 5.08. The van der Waals surface area contributed by atoms with Crippen LogP contribution in [0.2, 0.25) is 10.0 Å². The van der Waals surface area contributed by atoms with Gasteiger partial charge >= 0.3 is 0 Å². The van der Waals surface area contributed by atoms with Crippen LogP contribution in [0.3, 0.4) is 0 Å². The summed E-state index contributed by atoms with van der Waals surface area (Å²) in [4.78, 5) is 28.8. The molecular weight excluding hydrogens is 399 g/mol. The van der Waals surface area contributed by atoms with Crippen LogP contribution < -0.4 is 10.6 Å². The molecule has 1 aromatic rings. The fraction of sp³-hybridized carbons (Fsp3) is 0.529. The van der Waals surface area contributed by atoms with E-state index in [1.54, 1.807) is 12.1 Å². The number of rotatable bonds is 4. The lowest BCUT2D eigenvalue weighted by molar-refractivity contribution is -0.129. The minimum Gasteiger partial charge on any atom is -0.343 e. The summed E-state index contributed by atoms with van der Waals surface area (Å²) in [5, 5.41) is 6.71. The molecule has 2 aliphatic rings. The second kappa shape index (κ2) is 9.76. The number of piperazine rings is 1. The molecule has 0 aliphatic carbocycles. The van der Waals surface area contributed by atoms with Gasteiger partial charge in [-0.2, -0.15) is 0 Å². The van der Waals surface area contributed by atoms with Crippen molar-refractivity contribution in [2.75, 3.05) is 45.8 Å². The minimum absolute atomic E-state index is 0. The third kappa shape index (κ3) is 5.24. The third-order valence-corrected chi connectivity index (χ3v) is 5.51. The van der Waals surface area contributed by atoms with Crippen molar-refractivity contribution in [2.45, 2.75) is 12.5 Å². The normalized spacial score (nSPS) is 20.5. The highest BCUT2D eigenvalue weighted by molar-refractivity contribution is 6.42. The lowest BCUT2D eigenvalue weighted by atomic mass is 10.2. The van der Waals surface area contributed by atoms with Crippen molar-refractivity contribution in [3.05, 3.63) is 33.8 Å². The van der Waals surface area contributed by atoms with Gasteiger partial charge in [0, 0.05) is 50.9 Å². The van der Waals surface area contributed by atoms with E-state index in [1.165, 1.54) is 6.07 Å². The lowest BCUT2D eigenvalue weighted by Gasteiger charge is -2.32. The van der Waals surface area contributed by atoms with Gasteiger partial charge in [-0.3, -0.25) is 14.5 Å². The monoisotopic (exact) mass is 420 g/mol. The Kier molecular flexibility index (Phi) is 7.98. The molecule has 1 aromatic carbocycles. The van der Waals surface area contributed by atoms with Crippen LogP contribution in [-0.4, -0.2) is 73.5 Å². The molecule has 0 radical (unpaired) electrons. The molecule has 0 aromatic heterocycles. The molecule has 2 heterocycles. The molecule has 2 saturated heterocycles. The molecule has 1 unspecified atom stereocenters. The lowest BCUT2D eigenvalue weighted by Crippen LogP contribution is -2.49. The number of carbonyl (C=O) groups excluding carboxylic acids is 2. The Morgan fingerprint density at radius 2 is 1.88 bits per heavy atom. The zero-order chi connectivity index (χ0) is 17.8. The average Bonchev–Trinajstić information content (AvgIpc) is 3.12. The van der Waals surface area contributed by atoms with Gasteiger partial charge in [0.2, 0.25) is 5.91 Å². The zero-order valence-electron chi connectivity index (χ0n) is 14.3. The highest BCUT2D eigenvalue weighted by Crippen LogP contribution is 2.22. The maximum Gasteiger partial charge on any atom is 0.251 e. The Morgan fingerprint density at radius 1 is 1.15 bits per heavy atom. The van der Waals surface area contributed by atoms with E-state index in [0.29, 0.717) is 21.7 Å². The number of benzene rings is 1. The number of likely N-dealkylation sites (tertiary alicyclic amines) is 1. The highest BCUT2D eigenvalue weighted by atomic mass is 35.5. The van der Waals surface area contributed by atoms with Gasteiger partial charge in [-0.15, -0.1) is 12.4 Å². The molecule has 144 valence electrons. The molecule has 0 bridgehead atoms. The molecule has 3 rings (SSSR count). The van der Waals surface area contributed by atoms with Crippen LogP contribution in [0.15, 0.2) is 18.2 Å². The van der Waals surface area contributed by atoms with Crippen LogP contribution in [0.5, 0.6) is 0 Å². The van der Waals surface area contributed by atoms with Gasteiger partial charge in [-0.25, -0.2) is 0 Å². The Morgan fingerprint density at radius 3 is 2.58 bits per heavy atom. The molecule has 9 heteroatoms. The number of hydrogen-bond acceptors (Lipinski definition) is 4. The highest BCUT2D eigenvalue weighted by Gasteiger charge is 2.30. The summed E-state index contributed by atoms with van der Waals surface area (Å²) in [5.74, 6) is -0.379. The molecule has 1 atom stereocenters. The summed E-state index contributed by atoms with van der Waals surface area (Å²) in [7, 11) is 0. The van der Waals surface area contributed by atoms with E-state index in [0.717, 1.165) is 45.7 Å². The Labute approximate surface area is 169 Å². The number of carbonyl (C=O) groups is 2. The van der Waals surface area contributed by atoms with Crippen molar-refractivity contribution in [3.8, 4) is 0 Å². The molecule has 26 heavy (non-hydrogen) atoms. The second-order valence-electron chi connectivity index (χ2n) is 6.38. The molecule has 2 amide bonds. The molecular formula is C17H23Cl3N4O2. The summed E-state index contributed by atoms with van der Waals surface area (Å²) < 4.78 is 0. The van der Waals surface area contributed by atoms with Crippen LogP contribution in [-0.2, 0) is 4.79 Å². The van der Waals surface area contributed by atoms with Crippen molar-refractivity contribution in [1.82, 2.24) is 20.4 Å². The van der Waals surface area contributed by atoms with Crippen molar-refractivity contribution < 1.29 is 9.59 Å². The van der Waals surface area contributed by atoms with E-state index < -0.39 is 0 Å². The van der Waals surface area contributed by atoms with Gasteiger partial charge in [0.1, 0.15) is 0 Å². The maximum absolute atomic E-state index is 12.4. The molecule has 2 aliphatic heterocycles. The van der Waals surface area contributed by atoms with E-state index >= 15 is 0 Å². The van der Waals surface area contributed by atoms with Gasteiger partial charge in [0.25, 0.3) is 5.91 Å². The van der Waals surface area contributed by atoms with Gasteiger partial charge < -0.3 is 15.5 Å². The average molecular weight is 422 g/mol. The Hall–Kier alpha value is -1.05. The largest absolute Gasteiger partial charge is 0.343 e. The predicted octanol–water partition coefficient (Wildman–Crippen LogP) is 1.65. The molecule has 0 saturated carbocycles. The van der Waals surface area contributed by atoms with Gasteiger partial charge in [0.15, 0.2) is 0 Å². The van der Waals surface area contributed by atoms with Gasteiger partial charge in [-0.05, 0) is 24.6 Å². The third-order valence-electron chi connectivity index (χ3n) is 4.77. The number of nitrogens with zero attached hydrogens (tertiary/aromatic N) is 2. The van der Waals surface area contributed by atoms with Crippen LogP contribution in [0.4, 0.5) is 0 Å². The molecule has 0 spiro atoms. The van der Waals surface area contributed by atoms with E-state index in [1.807, 2.05) is 4.90 Å². The first-order chi connectivity index (χ1) is 12.0. The topological polar surface area (TPSA) is 64.7 Å². The number of nitrogens with one attached hydrogen (secondary N) is 2. The molecule has 2 N–H and O–H groups in total. The van der Waals surface area contributed by atoms with Gasteiger partial charge in [-0.1, -0.05) is 23.2 Å². The van der Waals surface area contributed by atoms with E-state index in [-0.39, 0.29) is 30.8 Å². The fourth-order valence-corrected chi connectivity index (χ4v) is 3.62. The summed E-state index contributed by atoms with van der Waals surface area (Å²) >= 11 is 11.8. The second-order valence-corrected chi connectivity index (χ2v) is 7.19. The molecule has 6 nitrogen and oxygen atoms in total. The summed E-state index contributed by atoms with van der Waals surface area (Å²) in [6.45, 7) is 5.54. The standard InChI is InChI=1S/C17H22Cl2N4O2.ClH/c18-14-2-1-12(9-15(14)19)17(25)21-10-16(24)23-6-3-13(11-23)22-7-4-20-5-8-22;/h1-2,9,13,20H,3-8,10-11H2,(H,21,25);1H. The Bertz CT molecular complexity index is 653. The number of amides is 2. The van der Waals surface area contributed by atoms with Crippen molar-refractivity contribution in [2.24, 2.45) is 0 Å². The first-order valence-electron chi connectivity index (χ1n) is 8.50.